The first-order valence-corrected chi connectivity index (χ1v) is 29.7. The molecule has 416 valence electrons. The van der Waals surface area contributed by atoms with Crippen molar-refractivity contribution < 1.29 is 42.1 Å². The SMILES string of the molecule is CC/C=C\C/C=C\C/C=C\C/C=C\C/C=C\C/C=C\C/C=C\C/C=C\C/C=C\CCCC(=O)OC(COC(=O)CCCCCCCCCC/C=C\C/C=C\C/C=C\C/C=C\CC)COP(=O)(O)OCC[N+](C)(C)C. The number of carbonyl (C=O) groups excluding carboxylic acids is 2. The predicted octanol–water partition coefficient (Wildman–Crippen LogP) is 17.7. The second-order valence-corrected chi connectivity index (χ2v) is 20.7. The molecule has 2 unspecified atom stereocenters. The van der Waals surface area contributed by atoms with Gasteiger partial charge in [0.05, 0.1) is 27.7 Å². The molecule has 0 fully saturated rings. The van der Waals surface area contributed by atoms with E-state index < -0.39 is 32.5 Å². The average molecular weight is 1050 g/mol. The van der Waals surface area contributed by atoms with Crippen molar-refractivity contribution >= 4 is 19.8 Å². The van der Waals surface area contributed by atoms with Crippen LogP contribution in [0.25, 0.3) is 0 Å². The van der Waals surface area contributed by atoms with Crippen LogP contribution in [-0.2, 0) is 32.7 Å². The zero-order valence-electron chi connectivity index (χ0n) is 47.0. The molecule has 0 aliphatic carbocycles. The zero-order valence-corrected chi connectivity index (χ0v) is 47.9. The van der Waals surface area contributed by atoms with Gasteiger partial charge >= 0.3 is 19.8 Å². The van der Waals surface area contributed by atoms with Gasteiger partial charge in [-0.25, -0.2) is 4.57 Å². The number of unbranched alkanes of at least 4 members (excludes halogenated alkanes) is 9. The summed E-state index contributed by atoms with van der Waals surface area (Å²) in [5, 5.41) is 0. The Morgan fingerprint density at radius 2 is 0.743 bits per heavy atom. The summed E-state index contributed by atoms with van der Waals surface area (Å²) in [5.74, 6) is -0.892. The zero-order chi connectivity index (χ0) is 54.2. The molecule has 0 aromatic heterocycles. The Hall–Kier alpha value is -4.37. The van der Waals surface area contributed by atoms with Gasteiger partial charge in [0.1, 0.15) is 19.8 Å². The van der Waals surface area contributed by atoms with Gasteiger partial charge in [-0.1, -0.05) is 210 Å². The molecule has 2 atom stereocenters. The van der Waals surface area contributed by atoms with E-state index in [1.807, 2.05) is 27.2 Å². The fourth-order valence-corrected chi connectivity index (χ4v) is 7.51. The number of likely N-dealkylation sites (N-methyl/N-ethyl adjacent to an activating group) is 1. The maximum Gasteiger partial charge on any atom is 0.472 e. The molecule has 0 bridgehead atoms. The van der Waals surface area contributed by atoms with Crippen molar-refractivity contribution in [3.05, 3.63) is 158 Å². The summed E-state index contributed by atoms with van der Waals surface area (Å²) in [6.45, 7) is 4.10. The monoisotopic (exact) mass is 1040 g/mol. The second kappa shape index (κ2) is 53.5. The molecular weight excluding hydrogens is 942 g/mol. The van der Waals surface area contributed by atoms with Crippen LogP contribution >= 0.6 is 7.82 Å². The Labute approximate surface area is 452 Å². The first kappa shape index (κ1) is 69.6. The van der Waals surface area contributed by atoms with Crippen LogP contribution in [0.3, 0.4) is 0 Å². The summed E-state index contributed by atoms with van der Waals surface area (Å²) in [6, 6.07) is 0. The van der Waals surface area contributed by atoms with E-state index in [2.05, 4.69) is 166 Å². The first-order chi connectivity index (χ1) is 36.0. The molecule has 0 aromatic rings. The molecule has 0 heterocycles. The molecule has 0 spiro atoms. The van der Waals surface area contributed by atoms with Gasteiger partial charge in [0.2, 0.25) is 0 Å². The quantitative estimate of drug-likeness (QED) is 0.0211. The fourth-order valence-electron chi connectivity index (χ4n) is 6.77. The van der Waals surface area contributed by atoms with Crippen LogP contribution in [0.15, 0.2) is 158 Å². The molecule has 0 aromatic carbocycles. The molecule has 0 radical (unpaired) electrons. The minimum absolute atomic E-state index is 0.00941. The number of phosphoric acid groups is 1. The van der Waals surface area contributed by atoms with E-state index in [0.29, 0.717) is 30.3 Å². The van der Waals surface area contributed by atoms with Crippen LogP contribution in [-0.4, -0.2) is 74.9 Å². The first-order valence-electron chi connectivity index (χ1n) is 28.2. The van der Waals surface area contributed by atoms with Crippen LogP contribution < -0.4 is 0 Å². The lowest BCUT2D eigenvalue weighted by atomic mass is 10.1. The topological polar surface area (TPSA) is 108 Å². The lowest BCUT2D eigenvalue weighted by molar-refractivity contribution is -0.870. The Kier molecular flexibility index (Phi) is 50.3. The number of carbonyl (C=O) groups is 2. The predicted molar refractivity (Wildman–Crippen MR) is 316 cm³/mol. The molecule has 9 nitrogen and oxygen atoms in total. The van der Waals surface area contributed by atoms with Crippen LogP contribution in [0.2, 0.25) is 0 Å². The van der Waals surface area contributed by atoms with Gasteiger partial charge in [-0.3, -0.25) is 18.6 Å². The molecule has 1 N–H and O–H groups in total. The van der Waals surface area contributed by atoms with Crippen molar-refractivity contribution in [3.8, 4) is 0 Å². The molecule has 0 amide bonds. The summed E-state index contributed by atoms with van der Waals surface area (Å²) < 4.78 is 34.4. The number of quaternary nitrogens is 1. The van der Waals surface area contributed by atoms with Gasteiger partial charge in [-0.05, 0) is 116 Å². The van der Waals surface area contributed by atoms with E-state index in [-0.39, 0.29) is 26.1 Å². The number of ether oxygens (including phenoxy) is 2. The molecule has 0 aliphatic heterocycles. The third kappa shape index (κ3) is 56.9. The average Bonchev–Trinajstić information content (AvgIpc) is 3.36. The highest BCUT2D eigenvalue weighted by molar-refractivity contribution is 7.47. The second-order valence-electron chi connectivity index (χ2n) is 19.2. The molecule has 10 heteroatoms. The summed E-state index contributed by atoms with van der Waals surface area (Å²) in [7, 11) is 1.41. The van der Waals surface area contributed by atoms with Gasteiger partial charge in [0.15, 0.2) is 6.10 Å². The van der Waals surface area contributed by atoms with Gasteiger partial charge in [-0.2, -0.15) is 0 Å². The van der Waals surface area contributed by atoms with Crippen molar-refractivity contribution in [2.45, 2.75) is 187 Å². The van der Waals surface area contributed by atoms with E-state index in [1.54, 1.807) is 0 Å². The molecule has 0 saturated carbocycles. The van der Waals surface area contributed by atoms with Crippen molar-refractivity contribution in [1.82, 2.24) is 0 Å². The minimum atomic E-state index is -4.42. The lowest BCUT2D eigenvalue weighted by Gasteiger charge is -2.24. The van der Waals surface area contributed by atoms with E-state index >= 15 is 0 Å². The maximum absolute atomic E-state index is 12.8. The maximum atomic E-state index is 12.8. The van der Waals surface area contributed by atoms with Crippen molar-refractivity contribution in [1.29, 1.82) is 0 Å². The minimum Gasteiger partial charge on any atom is -0.462 e. The van der Waals surface area contributed by atoms with Crippen molar-refractivity contribution in [3.63, 3.8) is 0 Å². The third-order valence-electron chi connectivity index (χ3n) is 11.1. The van der Waals surface area contributed by atoms with E-state index in [1.165, 1.54) is 25.7 Å². The van der Waals surface area contributed by atoms with Crippen LogP contribution in [0.1, 0.15) is 181 Å². The standard InChI is InChI=1S/C64H102NO8P/c1-6-8-10-12-14-16-18-20-22-24-26-28-29-30-31-32-33-34-35-37-39-41-43-45-47-49-51-53-55-57-64(67)73-62(61-72-74(68,69)71-59-58-65(3,4)5)60-70-63(66)56-54-52-50-48-46-44-42-40-38-36-27-25-23-21-19-17-15-13-11-9-7-2/h8-11,14-17,20-23,26-28,30-31,33-34,36-37,39,43,45,49,51,62H,6-7,12-13,18-19,24-25,29,32,35,38,40-42,44,46-48,50,52-61H2,1-5H3/p+1/b10-8-,11-9-,16-14-,17-15-,22-20-,23-21-,28-26-,31-30-,34-33-,36-27-,39-37-,45-43-,51-49-. The normalized spacial score (nSPS) is 14.5. The Morgan fingerprint density at radius 3 is 1.12 bits per heavy atom. The lowest BCUT2D eigenvalue weighted by Crippen LogP contribution is -2.37. The largest absolute Gasteiger partial charge is 0.472 e. The van der Waals surface area contributed by atoms with Crippen LogP contribution in [0, 0.1) is 0 Å². The molecular formula is C64H103NO8P+. The van der Waals surface area contributed by atoms with Gasteiger partial charge in [0.25, 0.3) is 0 Å². The number of hydrogen-bond acceptors (Lipinski definition) is 7. The van der Waals surface area contributed by atoms with Gasteiger partial charge in [0, 0.05) is 12.8 Å². The molecule has 0 saturated heterocycles. The highest BCUT2D eigenvalue weighted by Crippen LogP contribution is 2.43. The van der Waals surface area contributed by atoms with E-state index in [0.717, 1.165) is 109 Å². The van der Waals surface area contributed by atoms with Crippen molar-refractivity contribution in [2.75, 3.05) is 47.5 Å². The van der Waals surface area contributed by atoms with E-state index in [9.17, 15) is 19.0 Å². The Morgan fingerprint density at radius 1 is 0.419 bits per heavy atom. The number of allylic oxidation sites excluding steroid dienone is 26. The number of hydrogen-bond donors (Lipinski definition) is 1. The van der Waals surface area contributed by atoms with Crippen molar-refractivity contribution in [2.24, 2.45) is 0 Å². The fraction of sp³-hybridized carbons (Fsp3) is 0.562. The summed E-state index contributed by atoms with van der Waals surface area (Å²) in [5.41, 5.74) is 0. The van der Waals surface area contributed by atoms with E-state index in [4.69, 9.17) is 18.5 Å². The Bertz CT molecular complexity index is 1800. The summed E-state index contributed by atoms with van der Waals surface area (Å²) in [6.07, 6.45) is 80.3. The summed E-state index contributed by atoms with van der Waals surface area (Å²) >= 11 is 0. The molecule has 0 aliphatic rings. The number of nitrogens with zero attached hydrogens (tertiary/aromatic N) is 1. The number of esters is 2. The van der Waals surface area contributed by atoms with Gasteiger partial charge in [-0.15, -0.1) is 0 Å². The third-order valence-corrected chi connectivity index (χ3v) is 12.0. The highest BCUT2D eigenvalue weighted by Gasteiger charge is 2.27. The summed E-state index contributed by atoms with van der Waals surface area (Å²) in [4.78, 5) is 35.6. The smallest absolute Gasteiger partial charge is 0.462 e. The number of rotatable bonds is 49. The van der Waals surface area contributed by atoms with Crippen LogP contribution in [0.5, 0.6) is 0 Å². The highest BCUT2D eigenvalue weighted by atomic mass is 31.2. The van der Waals surface area contributed by atoms with Crippen LogP contribution in [0.4, 0.5) is 0 Å². The van der Waals surface area contributed by atoms with Gasteiger partial charge < -0.3 is 18.9 Å². The Balaban J connectivity index is 4.37. The number of phosphoric ester groups is 1. The molecule has 74 heavy (non-hydrogen) atoms. The molecule has 0 rings (SSSR count).